The molecule has 0 saturated carbocycles. The molecule has 0 N–H and O–H groups in total. The first-order chi connectivity index (χ1) is 15.1. The fourth-order valence-corrected chi connectivity index (χ4v) is 4.37. The second-order valence-electron chi connectivity index (χ2n) is 6.65. The van der Waals surface area contributed by atoms with Crippen LogP contribution in [0, 0.1) is 0 Å². The summed E-state index contributed by atoms with van der Waals surface area (Å²) in [6.07, 6.45) is 1.58. The Kier molecular flexibility index (Phi) is 6.13. The van der Waals surface area contributed by atoms with Crippen LogP contribution in [0.2, 0.25) is 0 Å². The molecule has 0 spiro atoms. The number of carbonyl (C=O) groups excluding carboxylic acids is 2. The molecule has 158 valence electrons. The summed E-state index contributed by atoms with van der Waals surface area (Å²) in [5.41, 5.74) is 1.42. The minimum absolute atomic E-state index is 0.357. The average Bonchev–Trinajstić information content (AvgIpc) is 3.39. The molecule has 2 heterocycles. The minimum atomic E-state index is -0.388. The van der Waals surface area contributed by atoms with Crippen molar-refractivity contribution < 1.29 is 23.5 Å². The summed E-state index contributed by atoms with van der Waals surface area (Å²) in [7, 11) is 1.51. The molecule has 1 aromatic heterocycles. The number of rotatable bonds is 8. The lowest BCUT2D eigenvalue weighted by Gasteiger charge is -2.18. The van der Waals surface area contributed by atoms with E-state index in [4.69, 9.17) is 13.9 Å². The maximum atomic E-state index is 13.5. The Morgan fingerprint density at radius 3 is 2.42 bits per heavy atom. The third-order valence-corrected chi connectivity index (χ3v) is 5.86. The van der Waals surface area contributed by atoms with Gasteiger partial charge in [0.25, 0.3) is 11.8 Å². The highest BCUT2D eigenvalue weighted by Gasteiger charge is 2.41. The van der Waals surface area contributed by atoms with Gasteiger partial charge in [0.1, 0.15) is 17.3 Å². The number of ether oxygens (including phenoxy) is 2. The minimum Gasteiger partial charge on any atom is -0.495 e. The molecule has 2 aromatic carbocycles. The van der Waals surface area contributed by atoms with Crippen LogP contribution >= 0.6 is 11.8 Å². The Labute approximate surface area is 184 Å². The summed E-state index contributed by atoms with van der Waals surface area (Å²) in [6, 6.07) is 17.8. The van der Waals surface area contributed by atoms with E-state index >= 15 is 0 Å². The van der Waals surface area contributed by atoms with Gasteiger partial charge in [0.2, 0.25) is 0 Å². The number of carbonyl (C=O) groups is 2. The molecule has 2 amide bonds. The van der Waals surface area contributed by atoms with E-state index in [0.29, 0.717) is 45.6 Å². The molecule has 1 aliphatic rings. The number of nitrogens with zero attached hydrogens (tertiary/aromatic N) is 1. The number of para-hydroxylation sites is 2. The number of methoxy groups -OCH3 is 1. The molecule has 1 aliphatic heterocycles. The van der Waals surface area contributed by atoms with E-state index in [1.165, 1.54) is 23.8 Å². The highest BCUT2D eigenvalue weighted by molar-refractivity contribution is 8.03. The summed E-state index contributed by atoms with van der Waals surface area (Å²) in [6.45, 7) is 2.45. The number of hydrogen-bond acceptors (Lipinski definition) is 6. The van der Waals surface area contributed by atoms with E-state index in [1.807, 2.05) is 13.0 Å². The zero-order valence-corrected chi connectivity index (χ0v) is 18.0. The first-order valence-corrected chi connectivity index (χ1v) is 10.8. The van der Waals surface area contributed by atoms with E-state index in [0.717, 1.165) is 5.76 Å². The van der Waals surface area contributed by atoms with Gasteiger partial charge in [-0.15, -0.1) is 11.8 Å². The summed E-state index contributed by atoms with van der Waals surface area (Å²) in [5, 5.41) is 0. The Morgan fingerprint density at radius 2 is 1.74 bits per heavy atom. The molecule has 6 nitrogen and oxygen atoms in total. The van der Waals surface area contributed by atoms with Crippen LogP contribution in [0.3, 0.4) is 0 Å². The lowest BCUT2D eigenvalue weighted by atomic mass is 10.1. The van der Waals surface area contributed by atoms with Crippen molar-refractivity contribution in [3.63, 3.8) is 0 Å². The summed E-state index contributed by atoms with van der Waals surface area (Å²) >= 11 is 1.28. The van der Waals surface area contributed by atoms with Gasteiger partial charge in [0.15, 0.2) is 0 Å². The Balaban J connectivity index is 1.75. The van der Waals surface area contributed by atoms with E-state index in [-0.39, 0.29) is 11.8 Å². The van der Waals surface area contributed by atoms with Crippen molar-refractivity contribution in [2.75, 3.05) is 18.6 Å². The molecule has 0 atom stereocenters. The quantitative estimate of drug-likeness (QED) is 0.469. The van der Waals surface area contributed by atoms with Gasteiger partial charge in [0, 0.05) is 0 Å². The van der Waals surface area contributed by atoms with Crippen LogP contribution in [-0.2, 0) is 15.3 Å². The van der Waals surface area contributed by atoms with Gasteiger partial charge in [-0.1, -0.05) is 24.3 Å². The van der Waals surface area contributed by atoms with Crippen LogP contribution in [0.1, 0.15) is 18.2 Å². The van der Waals surface area contributed by atoms with Gasteiger partial charge < -0.3 is 13.9 Å². The zero-order chi connectivity index (χ0) is 21.8. The molecule has 0 radical (unpaired) electrons. The first kappa shape index (κ1) is 20.8. The standard InChI is InChI=1S/C24H21NO5S/c1-3-29-17-12-10-16(11-13-17)21-22(31-15-18-7-6-14-30-18)24(27)25(23(21)26)19-8-4-5-9-20(19)28-2/h4-14H,3,15H2,1-2H3. The van der Waals surface area contributed by atoms with Crippen molar-refractivity contribution in [2.45, 2.75) is 12.7 Å². The number of thioether (sulfide) groups is 1. The van der Waals surface area contributed by atoms with E-state index in [9.17, 15) is 9.59 Å². The maximum absolute atomic E-state index is 13.5. The molecule has 31 heavy (non-hydrogen) atoms. The number of imide groups is 1. The van der Waals surface area contributed by atoms with E-state index in [2.05, 4.69) is 0 Å². The van der Waals surface area contributed by atoms with Crippen molar-refractivity contribution in [3.05, 3.63) is 83.2 Å². The lowest BCUT2D eigenvalue weighted by molar-refractivity contribution is -0.119. The molecule has 0 aliphatic carbocycles. The van der Waals surface area contributed by atoms with Crippen LogP contribution in [-0.4, -0.2) is 25.5 Å². The molecular weight excluding hydrogens is 414 g/mol. The third kappa shape index (κ3) is 4.09. The smallest absolute Gasteiger partial charge is 0.272 e. The van der Waals surface area contributed by atoms with Crippen LogP contribution in [0.4, 0.5) is 5.69 Å². The number of benzene rings is 2. The maximum Gasteiger partial charge on any atom is 0.272 e. The number of anilines is 1. The molecule has 0 saturated heterocycles. The summed E-state index contributed by atoms with van der Waals surface area (Å²) in [4.78, 5) is 28.5. The van der Waals surface area contributed by atoms with Gasteiger partial charge in [-0.2, -0.15) is 0 Å². The van der Waals surface area contributed by atoms with Crippen LogP contribution < -0.4 is 14.4 Å². The largest absolute Gasteiger partial charge is 0.495 e. The molecule has 0 unspecified atom stereocenters. The Hall–Kier alpha value is -3.45. The second-order valence-corrected chi connectivity index (χ2v) is 7.63. The van der Waals surface area contributed by atoms with Gasteiger partial charge >= 0.3 is 0 Å². The van der Waals surface area contributed by atoms with Crippen molar-refractivity contribution in [3.8, 4) is 11.5 Å². The number of hydrogen-bond donors (Lipinski definition) is 0. The van der Waals surface area contributed by atoms with Gasteiger partial charge in [-0.25, -0.2) is 4.90 Å². The highest BCUT2D eigenvalue weighted by atomic mass is 32.2. The van der Waals surface area contributed by atoms with Crippen molar-refractivity contribution in [2.24, 2.45) is 0 Å². The Bertz CT molecular complexity index is 1120. The third-order valence-electron chi connectivity index (χ3n) is 4.76. The van der Waals surface area contributed by atoms with E-state index < -0.39 is 0 Å². The fraction of sp³-hybridized carbons (Fsp3) is 0.167. The normalized spacial score (nSPS) is 13.8. The van der Waals surface area contributed by atoms with Crippen LogP contribution in [0.15, 0.2) is 76.2 Å². The molecule has 0 fully saturated rings. The monoisotopic (exact) mass is 435 g/mol. The van der Waals surface area contributed by atoms with Gasteiger partial charge in [-0.05, 0) is 48.9 Å². The van der Waals surface area contributed by atoms with Crippen LogP contribution in [0.5, 0.6) is 11.5 Å². The van der Waals surface area contributed by atoms with Crippen LogP contribution in [0.25, 0.3) is 5.57 Å². The van der Waals surface area contributed by atoms with E-state index in [1.54, 1.807) is 60.9 Å². The molecule has 4 rings (SSSR count). The van der Waals surface area contributed by atoms with Gasteiger partial charge in [-0.3, -0.25) is 9.59 Å². The van der Waals surface area contributed by atoms with Gasteiger partial charge in [0.05, 0.1) is 41.9 Å². The van der Waals surface area contributed by atoms with Crippen molar-refractivity contribution in [1.29, 1.82) is 0 Å². The summed E-state index contributed by atoms with van der Waals surface area (Å²) < 4.78 is 16.3. The number of furan rings is 1. The lowest BCUT2D eigenvalue weighted by Crippen LogP contribution is -2.31. The molecule has 0 bridgehead atoms. The topological polar surface area (TPSA) is 69.0 Å². The number of amides is 2. The van der Waals surface area contributed by atoms with Crippen molar-refractivity contribution >= 4 is 34.8 Å². The Morgan fingerprint density at radius 1 is 0.968 bits per heavy atom. The first-order valence-electron chi connectivity index (χ1n) is 9.78. The molecule has 3 aromatic rings. The zero-order valence-electron chi connectivity index (χ0n) is 17.2. The van der Waals surface area contributed by atoms with Crippen molar-refractivity contribution in [1.82, 2.24) is 0 Å². The molecule has 7 heteroatoms. The average molecular weight is 436 g/mol. The fourth-order valence-electron chi connectivity index (χ4n) is 3.35. The highest BCUT2D eigenvalue weighted by Crippen LogP contribution is 2.42. The second kappa shape index (κ2) is 9.14. The summed E-state index contributed by atoms with van der Waals surface area (Å²) in [5.74, 6) is 1.54. The predicted molar refractivity (Wildman–Crippen MR) is 120 cm³/mol. The predicted octanol–water partition coefficient (Wildman–Crippen LogP) is 4.90. The SMILES string of the molecule is CCOc1ccc(C2=C(SCc3ccco3)C(=O)N(c3ccccc3OC)C2=O)cc1. The molecular formula is C24H21NO5S.